The van der Waals surface area contributed by atoms with E-state index in [-0.39, 0.29) is 5.82 Å². The maximum absolute atomic E-state index is 13.5. The molecule has 102 valence electrons. The van der Waals surface area contributed by atoms with Crippen LogP contribution in [0.1, 0.15) is 5.56 Å². The molecule has 6 nitrogen and oxygen atoms in total. The van der Waals surface area contributed by atoms with E-state index in [2.05, 4.69) is 25.3 Å². The van der Waals surface area contributed by atoms with Gasteiger partial charge in [-0.15, -0.1) is 0 Å². The van der Waals surface area contributed by atoms with Gasteiger partial charge in [-0.05, 0) is 18.6 Å². The van der Waals surface area contributed by atoms with Crippen LogP contribution in [-0.4, -0.2) is 27.0 Å². The SMILES string of the molecule is CNc1nc(Oc2ccc(C)c(F)c2)c2[nH]cnc2n1. The van der Waals surface area contributed by atoms with E-state index in [0.29, 0.717) is 34.3 Å². The zero-order valence-corrected chi connectivity index (χ0v) is 10.9. The number of benzene rings is 1. The van der Waals surface area contributed by atoms with Crippen LogP contribution in [0.5, 0.6) is 11.6 Å². The van der Waals surface area contributed by atoms with Crippen molar-refractivity contribution in [1.82, 2.24) is 19.9 Å². The van der Waals surface area contributed by atoms with Crippen molar-refractivity contribution in [2.75, 3.05) is 12.4 Å². The van der Waals surface area contributed by atoms with Gasteiger partial charge < -0.3 is 15.0 Å². The van der Waals surface area contributed by atoms with E-state index in [1.807, 2.05) is 0 Å². The largest absolute Gasteiger partial charge is 0.437 e. The third kappa shape index (κ3) is 2.13. The minimum atomic E-state index is -0.328. The molecule has 2 heterocycles. The third-order valence-corrected chi connectivity index (χ3v) is 2.83. The highest BCUT2D eigenvalue weighted by Gasteiger charge is 2.12. The molecule has 1 aromatic carbocycles. The normalized spacial score (nSPS) is 10.8. The minimum Gasteiger partial charge on any atom is -0.437 e. The van der Waals surface area contributed by atoms with Crippen molar-refractivity contribution in [3.63, 3.8) is 0 Å². The molecule has 0 aliphatic rings. The summed E-state index contributed by atoms with van der Waals surface area (Å²) >= 11 is 0. The number of fused-ring (bicyclic) bond motifs is 1. The minimum absolute atomic E-state index is 0.292. The van der Waals surface area contributed by atoms with Crippen LogP contribution in [0.15, 0.2) is 24.5 Å². The first-order chi connectivity index (χ1) is 9.67. The summed E-state index contributed by atoms with van der Waals surface area (Å²) < 4.78 is 19.2. The van der Waals surface area contributed by atoms with E-state index >= 15 is 0 Å². The topological polar surface area (TPSA) is 75.7 Å². The lowest BCUT2D eigenvalue weighted by Crippen LogP contribution is -1.99. The second-order valence-corrected chi connectivity index (χ2v) is 4.22. The number of halogens is 1. The average molecular weight is 273 g/mol. The first-order valence-electron chi connectivity index (χ1n) is 6.00. The van der Waals surface area contributed by atoms with Gasteiger partial charge in [0, 0.05) is 13.1 Å². The average Bonchev–Trinajstić information content (AvgIpc) is 2.91. The fraction of sp³-hybridized carbons (Fsp3) is 0.154. The van der Waals surface area contributed by atoms with E-state index < -0.39 is 0 Å². The molecule has 0 spiro atoms. The number of aryl methyl sites for hydroxylation is 1. The summed E-state index contributed by atoms with van der Waals surface area (Å²) in [5.74, 6) is 0.711. The number of hydrogen-bond acceptors (Lipinski definition) is 5. The van der Waals surface area contributed by atoms with E-state index in [9.17, 15) is 4.39 Å². The number of aromatic amines is 1. The van der Waals surface area contributed by atoms with E-state index in [4.69, 9.17) is 4.74 Å². The van der Waals surface area contributed by atoms with Gasteiger partial charge in [0.1, 0.15) is 17.1 Å². The first kappa shape index (κ1) is 12.3. The van der Waals surface area contributed by atoms with Crippen molar-refractivity contribution < 1.29 is 9.13 Å². The molecule has 0 saturated heterocycles. The standard InChI is InChI=1S/C13H12FN5O/c1-7-3-4-8(5-9(7)14)20-12-10-11(17-6-16-10)18-13(15-2)19-12/h3-6H,1-2H3,(H2,15,16,17,18,19). The highest BCUT2D eigenvalue weighted by atomic mass is 19.1. The number of hydrogen-bond donors (Lipinski definition) is 2. The number of imidazole rings is 1. The smallest absolute Gasteiger partial charge is 0.250 e. The predicted octanol–water partition coefficient (Wildman–Crippen LogP) is 2.63. The monoisotopic (exact) mass is 273 g/mol. The maximum atomic E-state index is 13.5. The molecule has 2 N–H and O–H groups in total. The van der Waals surface area contributed by atoms with Gasteiger partial charge in [0.15, 0.2) is 5.65 Å². The molecular weight excluding hydrogens is 261 g/mol. The Hall–Kier alpha value is -2.70. The molecule has 3 aromatic rings. The molecule has 20 heavy (non-hydrogen) atoms. The van der Waals surface area contributed by atoms with Gasteiger partial charge in [0.05, 0.1) is 6.33 Å². The van der Waals surface area contributed by atoms with Gasteiger partial charge in [-0.3, -0.25) is 0 Å². The Labute approximate surface area is 114 Å². The van der Waals surface area contributed by atoms with E-state index in [0.717, 1.165) is 0 Å². The lowest BCUT2D eigenvalue weighted by molar-refractivity contribution is 0.462. The van der Waals surface area contributed by atoms with Crippen LogP contribution in [0, 0.1) is 12.7 Å². The van der Waals surface area contributed by atoms with Gasteiger partial charge >= 0.3 is 0 Å². The molecule has 7 heteroatoms. The van der Waals surface area contributed by atoms with E-state index in [1.54, 1.807) is 26.1 Å². The first-order valence-corrected chi connectivity index (χ1v) is 6.00. The summed E-state index contributed by atoms with van der Waals surface area (Å²) in [6, 6.07) is 4.65. The second-order valence-electron chi connectivity index (χ2n) is 4.22. The fourth-order valence-electron chi connectivity index (χ4n) is 1.74. The van der Waals surface area contributed by atoms with Crippen LogP contribution in [0.3, 0.4) is 0 Å². The van der Waals surface area contributed by atoms with Crippen LogP contribution in [0.25, 0.3) is 11.2 Å². The zero-order valence-electron chi connectivity index (χ0n) is 10.9. The molecule has 0 fully saturated rings. The lowest BCUT2D eigenvalue weighted by atomic mass is 10.2. The maximum Gasteiger partial charge on any atom is 0.250 e. The number of rotatable bonds is 3. The van der Waals surface area contributed by atoms with Crippen LogP contribution in [0.2, 0.25) is 0 Å². The van der Waals surface area contributed by atoms with Crippen LogP contribution >= 0.6 is 0 Å². The summed E-state index contributed by atoms with van der Waals surface area (Å²) in [6.07, 6.45) is 1.50. The van der Waals surface area contributed by atoms with Crippen molar-refractivity contribution in [2.24, 2.45) is 0 Å². The van der Waals surface area contributed by atoms with Gasteiger partial charge in [0.25, 0.3) is 5.88 Å². The molecule has 0 radical (unpaired) electrons. The Kier molecular flexibility index (Phi) is 2.94. The Bertz CT molecular complexity index is 771. The number of ether oxygens (including phenoxy) is 1. The van der Waals surface area contributed by atoms with Crippen LogP contribution in [-0.2, 0) is 0 Å². The van der Waals surface area contributed by atoms with Gasteiger partial charge in [-0.25, -0.2) is 9.37 Å². The Balaban J connectivity index is 2.04. The van der Waals surface area contributed by atoms with Crippen LogP contribution < -0.4 is 10.1 Å². The number of nitrogens with one attached hydrogen (secondary N) is 2. The predicted molar refractivity (Wildman–Crippen MR) is 72.4 cm³/mol. The molecule has 0 aliphatic carbocycles. The molecule has 0 unspecified atom stereocenters. The molecule has 3 rings (SSSR count). The van der Waals surface area contributed by atoms with Crippen molar-refractivity contribution in [1.29, 1.82) is 0 Å². The molecule has 0 bridgehead atoms. The summed E-state index contributed by atoms with van der Waals surface area (Å²) in [6.45, 7) is 1.69. The van der Waals surface area contributed by atoms with Crippen molar-refractivity contribution in [3.8, 4) is 11.6 Å². The molecule has 0 amide bonds. The van der Waals surface area contributed by atoms with Crippen molar-refractivity contribution in [2.45, 2.75) is 6.92 Å². The van der Waals surface area contributed by atoms with Crippen LogP contribution in [0.4, 0.5) is 10.3 Å². The Morgan fingerprint density at radius 3 is 2.90 bits per heavy atom. The lowest BCUT2D eigenvalue weighted by Gasteiger charge is -2.07. The van der Waals surface area contributed by atoms with Gasteiger partial charge in [0.2, 0.25) is 5.95 Å². The zero-order chi connectivity index (χ0) is 14.1. The highest BCUT2D eigenvalue weighted by Crippen LogP contribution is 2.27. The number of anilines is 1. The second kappa shape index (κ2) is 4.76. The summed E-state index contributed by atoms with van der Waals surface area (Å²) in [5, 5.41) is 2.83. The van der Waals surface area contributed by atoms with E-state index in [1.165, 1.54) is 12.4 Å². The van der Waals surface area contributed by atoms with Gasteiger partial charge in [-0.1, -0.05) is 6.07 Å². The molecular formula is C13H12FN5O. The Morgan fingerprint density at radius 1 is 1.30 bits per heavy atom. The molecule has 0 aliphatic heterocycles. The number of aromatic nitrogens is 4. The number of H-pyrrole nitrogens is 1. The van der Waals surface area contributed by atoms with Gasteiger partial charge in [-0.2, -0.15) is 9.97 Å². The third-order valence-electron chi connectivity index (χ3n) is 2.83. The Morgan fingerprint density at radius 2 is 2.15 bits per heavy atom. The van der Waals surface area contributed by atoms with Crippen molar-refractivity contribution in [3.05, 3.63) is 35.9 Å². The van der Waals surface area contributed by atoms with Crippen molar-refractivity contribution >= 4 is 17.1 Å². The summed E-state index contributed by atoms with van der Waals surface area (Å²) in [7, 11) is 1.70. The fourth-order valence-corrected chi connectivity index (χ4v) is 1.74. The highest BCUT2D eigenvalue weighted by molar-refractivity contribution is 5.77. The molecule has 2 aromatic heterocycles. The summed E-state index contributed by atoms with van der Waals surface area (Å²) in [5.41, 5.74) is 1.60. The number of nitrogens with zero attached hydrogens (tertiary/aromatic N) is 3. The molecule has 0 saturated carbocycles. The summed E-state index contributed by atoms with van der Waals surface area (Å²) in [4.78, 5) is 15.3. The molecule has 0 atom stereocenters. The quantitative estimate of drug-likeness (QED) is 0.767.